The first-order valence-electron chi connectivity index (χ1n) is 12.5. The van der Waals surface area contributed by atoms with Gasteiger partial charge in [0.25, 0.3) is 11.5 Å². The minimum Gasteiger partial charge on any atom is -0.466 e. The predicted octanol–water partition coefficient (Wildman–Crippen LogP) is 3.94. The molecule has 1 aliphatic rings. The zero-order valence-corrected chi connectivity index (χ0v) is 22.4. The van der Waals surface area contributed by atoms with E-state index in [-0.39, 0.29) is 35.8 Å². The molecule has 1 saturated heterocycles. The zero-order chi connectivity index (χ0) is 26.7. The lowest BCUT2D eigenvalue weighted by Gasteiger charge is -2.30. The second kappa shape index (κ2) is 11.2. The number of nitrogens with zero attached hydrogens (tertiary/aromatic N) is 3. The fraction of sp³-hybridized carbons (Fsp3) is 0.444. The summed E-state index contributed by atoms with van der Waals surface area (Å²) in [6.45, 7) is 8.77. The van der Waals surface area contributed by atoms with Crippen molar-refractivity contribution in [3.63, 3.8) is 0 Å². The van der Waals surface area contributed by atoms with Crippen LogP contribution in [0, 0.1) is 12.8 Å². The number of fused-ring (bicyclic) bond motifs is 1. The number of carbonyl (C=O) groups is 3. The van der Waals surface area contributed by atoms with Gasteiger partial charge in [0.15, 0.2) is 0 Å². The van der Waals surface area contributed by atoms with Crippen LogP contribution in [0.2, 0.25) is 0 Å². The van der Waals surface area contributed by atoms with Gasteiger partial charge in [-0.05, 0) is 55.9 Å². The molecule has 0 spiro atoms. The highest BCUT2D eigenvalue weighted by Gasteiger charge is 2.30. The van der Waals surface area contributed by atoms with Gasteiger partial charge in [-0.3, -0.25) is 23.7 Å². The van der Waals surface area contributed by atoms with Crippen molar-refractivity contribution in [2.75, 3.05) is 25.0 Å². The molecule has 196 valence electrons. The van der Waals surface area contributed by atoms with Gasteiger partial charge >= 0.3 is 5.97 Å². The van der Waals surface area contributed by atoms with Gasteiger partial charge in [0, 0.05) is 18.8 Å². The van der Waals surface area contributed by atoms with E-state index in [0.29, 0.717) is 64.8 Å². The lowest BCUT2D eigenvalue weighted by molar-refractivity contribution is -0.149. The number of benzene rings is 1. The average molecular weight is 525 g/mol. The molecule has 4 rings (SSSR count). The number of hydrogen-bond donors (Lipinski definition) is 1. The summed E-state index contributed by atoms with van der Waals surface area (Å²) >= 11 is 1.18. The molecule has 0 unspecified atom stereocenters. The number of esters is 1. The van der Waals surface area contributed by atoms with Crippen molar-refractivity contribution in [2.45, 2.75) is 53.0 Å². The van der Waals surface area contributed by atoms with E-state index in [9.17, 15) is 19.2 Å². The maximum atomic E-state index is 13.3. The number of aryl methyl sites for hydroxylation is 1. The Balaban J connectivity index is 1.47. The van der Waals surface area contributed by atoms with Crippen molar-refractivity contribution in [1.29, 1.82) is 0 Å². The largest absolute Gasteiger partial charge is 0.466 e. The van der Waals surface area contributed by atoms with Crippen LogP contribution in [-0.4, -0.2) is 51.9 Å². The smallest absolute Gasteiger partial charge is 0.309 e. The molecule has 2 aromatic heterocycles. The molecule has 0 saturated carbocycles. The van der Waals surface area contributed by atoms with Crippen LogP contribution >= 0.6 is 11.3 Å². The summed E-state index contributed by atoms with van der Waals surface area (Å²) in [6.07, 6.45) is 2.45. The van der Waals surface area contributed by atoms with Gasteiger partial charge in [-0.15, -0.1) is 11.3 Å². The van der Waals surface area contributed by atoms with Crippen molar-refractivity contribution in [3.05, 3.63) is 57.0 Å². The number of ether oxygens (including phenoxy) is 1. The molecule has 0 radical (unpaired) electrons. The molecule has 37 heavy (non-hydrogen) atoms. The standard InChI is InChI=1S/C27H32N4O5S/c1-5-36-27(35)19-10-12-30(13-11-19)26(34)23-17(4)22-24(37-23)28-15-31(25(22)33)14-21(32)29-20-8-6-18(7-9-20)16(2)3/h6-9,15-16,19H,5,10-14H2,1-4H3,(H,29,32). The SMILES string of the molecule is CCOC(=O)C1CCN(C(=O)c2sc3ncn(CC(=O)Nc4ccc(C(C)C)cc4)c(=O)c3c2C)CC1. The van der Waals surface area contributed by atoms with Crippen LogP contribution in [0.1, 0.15) is 60.3 Å². The monoisotopic (exact) mass is 524 g/mol. The van der Waals surface area contributed by atoms with Gasteiger partial charge in [-0.25, -0.2) is 4.98 Å². The van der Waals surface area contributed by atoms with E-state index in [1.54, 1.807) is 18.7 Å². The van der Waals surface area contributed by atoms with E-state index in [1.165, 1.54) is 27.8 Å². The summed E-state index contributed by atoms with van der Waals surface area (Å²) in [5, 5.41) is 3.17. The van der Waals surface area contributed by atoms with Crippen LogP contribution in [0.15, 0.2) is 35.4 Å². The molecule has 3 heterocycles. The number of anilines is 1. The van der Waals surface area contributed by atoms with E-state index < -0.39 is 0 Å². The average Bonchev–Trinajstić information content (AvgIpc) is 3.22. The fourth-order valence-corrected chi connectivity index (χ4v) is 5.61. The molecule has 0 aliphatic carbocycles. The molecule has 1 aromatic carbocycles. The third-order valence-corrected chi connectivity index (χ3v) is 7.88. The number of hydrogen-bond acceptors (Lipinski definition) is 7. The zero-order valence-electron chi connectivity index (χ0n) is 21.6. The van der Waals surface area contributed by atoms with Gasteiger partial charge in [0.1, 0.15) is 11.4 Å². The Kier molecular flexibility index (Phi) is 8.06. The predicted molar refractivity (Wildman–Crippen MR) is 143 cm³/mol. The van der Waals surface area contributed by atoms with Gasteiger partial charge in [-0.2, -0.15) is 0 Å². The third kappa shape index (κ3) is 5.74. The molecule has 3 aromatic rings. The molecule has 9 nitrogen and oxygen atoms in total. The van der Waals surface area contributed by atoms with Crippen molar-refractivity contribution in [1.82, 2.24) is 14.5 Å². The summed E-state index contributed by atoms with van der Waals surface area (Å²) in [5.74, 6) is -0.525. The molecule has 10 heteroatoms. The Bertz CT molecular complexity index is 1370. The summed E-state index contributed by atoms with van der Waals surface area (Å²) in [7, 11) is 0. The summed E-state index contributed by atoms with van der Waals surface area (Å²) in [6, 6.07) is 7.61. The van der Waals surface area contributed by atoms with Crippen LogP contribution in [0.3, 0.4) is 0 Å². The molecule has 1 fully saturated rings. The minimum absolute atomic E-state index is 0.170. The number of amides is 2. The minimum atomic E-state index is -0.357. The van der Waals surface area contributed by atoms with Gasteiger partial charge in [-0.1, -0.05) is 26.0 Å². The summed E-state index contributed by atoms with van der Waals surface area (Å²) in [5.41, 5.74) is 2.03. The number of nitrogens with one attached hydrogen (secondary N) is 1. The maximum Gasteiger partial charge on any atom is 0.309 e. The second-order valence-electron chi connectivity index (χ2n) is 9.56. The molecule has 1 aliphatic heterocycles. The first-order valence-corrected chi connectivity index (χ1v) is 13.4. The second-order valence-corrected chi connectivity index (χ2v) is 10.6. The van der Waals surface area contributed by atoms with Crippen LogP contribution in [0.4, 0.5) is 5.69 Å². The van der Waals surface area contributed by atoms with E-state index in [1.807, 2.05) is 24.3 Å². The maximum absolute atomic E-state index is 13.3. The van der Waals surface area contributed by atoms with Crippen molar-refractivity contribution in [3.8, 4) is 0 Å². The fourth-order valence-electron chi connectivity index (χ4n) is 4.50. The van der Waals surface area contributed by atoms with Crippen LogP contribution in [0.25, 0.3) is 10.2 Å². The Hall–Kier alpha value is -3.53. The van der Waals surface area contributed by atoms with E-state index in [2.05, 4.69) is 24.1 Å². The van der Waals surface area contributed by atoms with Crippen molar-refractivity contribution < 1.29 is 19.1 Å². The van der Waals surface area contributed by atoms with Gasteiger partial charge in [0.05, 0.1) is 29.1 Å². The van der Waals surface area contributed by atoms with Crippen LogP contribution in [-0.2, 0) is 20.9 Å². The molecule has 1 N–H and O–H groups in total. The van der Waals surface area contributed by atoms with E-state index in [0.717, 1.165) is 0 Å². The molecular weight excluding hydrogens is 492 g/mol. The highest BCUT2D eigenvalue weighted by atomic mass is 32.1. The summed E-state index contributed by atoms with van der Waals surface area (Å²) < 4.78 is 6.37. The number of rotatable bonds is 7. The number of likely N-dealkylation sites (tertiary alicyclic amines) is 1. The third-order valence-electron chi connectivity index (χ3n) is 6.69. The van der Waals surface area contributed by atoms with Gasteiger partial charge < -0.3 is 15.0 Å². The topological polar surface area (TPSA) is 111 Å². The Morgan fingerprint density at radius 1 is 1.16 bits per heavy atom. The molecule has 0 atom stereocenters. The number of piperidine rings is 1. The van der Waals surface area contributed by atoms with E-state index >= 15 is 0 Å². The number of aromatic nitrogens is 2. The molecule has 0 bridgehead atoms. The quantitative estimate of drug-likeness (QED) is 0.469. The van der Waals surface area contributed by atoms with Crippen LogP contribution in [0.5, 0.6) is 0 Å². The summed E-state index contributed by atoms with van der Waals surface area (Å²) in [4.78, 5) is 58.1. The number of carbonyl (C=O) groups excluding carboxylic acids is 3. The first-order chi connectivity index (χ1) is 17.7. The van der Waals surface area contributed by atoms with Crippen molar-refractivity contribution >= 4 is 45.0 Å². The number of thiophene rings is 1. The molecular formula is C27H32N4O5S. The normalized spacial score (nSPS) is 14.2. The lowest BCUT2D eigenvalue weighted by atomic mass is 9.97. The highest BCUT2D eigenvalue weighted by Crippen LogP contribution is 2.29. The van der Waals surface area contributed by atoms with E-state index in [4.69, 9.17) is 4.74 Å². The Labute approximate surface area is 219 Å². The van der Waals surface area contributed by atoms with Crippen LogP contribution < -0.4 is 10.9 Å². The van der Waals surface area contributed by atoms with Gasteiger partial charge in [0.2, 0.25) is 5.91 Å². The van der Waals surface area contributed by atoms with Crippen molar-refractivity contribution in [2.24, 2.45) is 5.92 Å². The highest BCUT2D eigenvalue weighted by molar-refractivity contribution is 7.20. The Morgan fingerprint density at radius 3 is 2.46 bits per heavy atom. The lowest BCUT2D eigenvalue weighted by Crippen LogP contribution is -2.40. The molecule has 2 amide bonds. The first kappa shape index (κ1) is 26.5. The Morgan fingerprint density at radius 2 is 1.84 bits per heavy atom.